The minimum absolute atomic E-state index is 0.121. The third-order valence-electron chi connectivity index (χ3n) is 2.39. The van der Waals surface area contributed by atoms with Gasteiger partial charge >= 0.3 is 5.63 Å². The van der Waals surface area contributed by atoms with E-state index in [1.54, 1.807) is 12.1 Å². The van der Waals surface area contributed by atoms with Gasteiger partial charge in [0.25, 0.3) is 0 Å². The number of hydrogen-bond donors (Lipinski definition) is 0. The van der Waals surface area contributed by atoms with Crippen molar-refractivity contribution in [2.45, 2.75) is 13.3 Å². The first-order chi connectivity index (χ1) is 7.27. The molecule has 1 heterocycles. The van der Waals surface area contributed by atoms with Gasteiger partial charge in [-0.2, -0.15) is 5.26 Å². The zero-order valence-electron chi connectivity index (χ0n) is 8.28. The van der Waals surface area contributed by atoms with Gasteiger partial charge in [0.15, 0.2) is 0 Å². The quantitative estimate of drug-likeness (QED) is 0.662. The van der Waals surface area contributed by atoms with E-state index in [9.17, 15) is 4.79 Å². The molecule has 0 amide bonds. The van der Waals surface area contributed by atoms with Gasteiger partial charge in [-0.15, -0.1) is 0 Å². The van der Waals surface area contributed by atoms with Crippen molar-refractivity contribution in [3.8, 4) is 6.07 Å². The first-order valence-electron chi connectivity index (χ1n) is 4.72. The van der Waals surface area contributed by atoms with Crippen LogP contribution < -0.4 is 5.63 Å². The zero-order chi connectivity index (χ0) is 10.8. The van der Waals surface area contributed by atoms with Crippen molar-refractivity contribution in [2.24, 2.45) is 0 Å². The molecule has 0 unspecified atom stereocenters. The molecule has 0 saturated carbocycles. The number of para-hydroxylation sites is 1. The average Bonchev–Trinajstić information content (AvgIpc) is 2.27. The van der Waals surface area contributed by atoms with Crippen molar-refractivity contribution in [1.82, 2.24) is 0 Å². The molecule has 0 saturated heterocycles. The molecule has 0 atom stereocenters. The van der Waals surface area contributed by atoms with Gasteiger partial charge < -0.3 is 4.42 Å². The maximum atomic E-state index is 11.5. The molecule has 0 fully saturated rings. The lowest BCUT2D eigenvalue weighted by atomic mass is 10.0. The molecule has 0 aliphatic carbocycles. The van der Waals surface area contributed by atoms with Crippen molar-refractivity contribution in [3.63, 3.8) is 0 Å². The van der Waals surface area contributed by atoms with Crippen LogP contribution in [-0.4, -0.2) is 0 Å². The Morgan fingerprint density at radius 2 is 2.13 bits per heavy atom. The van der Waals surface area contributed by atoms with Crippen molar-refractivity contribution in [3.05, 3.63) is 45.8 Å². The van der Waals surface area contributed by atoms with Crippen molar-refractivity contribution in [2.75, 3.05) is 0 Å². The van der Waals surface area contributed by atoms with Gasteiger partial charge in [0.1, 0.15) is 17.2 Å². The number of benzene rings is 1. The molecule has 2 rings (SSSR count). The molecule has 2 aromatic rings. The SMILES string of the molecule is CCc1c(C#N)c(=O)oc2ccccc12. The Morgan fingerprint density at radius 1 is 1.40 bits per heavy atom. The van der Waals surface area contributed by atoms with E-state index in [0.29, 0.717) is 12.0 Å². The molecule has 1 aromatic carbocycles. The summed E-state index contributed by atoms with van der Waals surface area (Å²) in [4.78, 5) is 11.5. The van der Waals surface area contributed by atoms with E-state index >= 15 is 0 Å². The van der Waals surface area contributed by atoms with E-state index in [0.717, 1.165) is 10.9 Å². The van der Waals surface area contributed by atoms with Crippen LogP contribution in [0.15, 0.2) is 33.5 Å². The summed E-state index contributed by atoms with van der Waals surface area (Å²) < 4.78 is 5.05. The van der Waals surface area contributed by atoms with Crippen LogP contribution in [0.25, 0.3) is 11.0 Å². The Labute approximate surface area is 86.6 Å². The summed E-state index contributed by atoms with van der Waals surface area (Å²) in [5, 5.41) is 9.72. The highest BCUT2D eigenvalue weighted by atomic mass is 16.4. The van der Waals surface area contributed by atoms with Crippen molar-refractivity contribution >= 4 is 11.0 Å². The summed E-state index contributed by atoms with van der Waals surface area (Å²) in [6.45, 7) is 1.92. The molecule has 0 radical (unpaired) electrons. The lowest BCUT2D eigenvalue weighted by Gasteiger charge is -2.03. The maximum absolute atomic E-state index is 11.5. The van der Waals surface area contributed by atoms with Gasteiger partial charge in [-0.05, 0) is 18.1 Å². The normalized spacial score (nSPS) is 10.1. The van der Waals surface area contributed by atoms with Gasteiger partial charge in [-0.25, -0.2) is 4.79 Å². The molecule has 3 nitrogen and oxygen atoms in total. The first-order valence-corrected chi connectivity index (χ1v) is 4.72. The van der Waals surface area contributed by atoms with Crippen LogP contribution in [0.5, 0.6) is 0 Å². The lowest BCUT2D eigenvalue weighted by Crippen LogP contribution is -2.08. The molecule has 0 aliphatic heterocycles. The molecule has 0 N–H and O–H groups in total. The molecule has 0 bridgehead atoms. The van der Waals surface area contributed by atoms with Crippen LogP contribution in [0, 0.1) is 11.3 Å². The summed E-state index contributed by atoms with van der Waals surface area (Å²) in [6.07, 6.45) is 0.648. The summed E-state index contributed by atoms with van der Waals surface area (Å²) in [5.41, 5.74) is 0.881. The van der Waals surface area contributed by atoms with Crippen LogP contribution in [0.1, 0.15) is 18.1 Å². The van der Waals surface area contributed by atoms with Gasteiger partial charge in [-0.1, -0.05) is 25.1 Å². The predicted octanol–water partition coefficient (Wildman–Crippen LogP) is 2.23. The molecule has 1 aromatic heterocycles. The van der Waals surface area contributed by atoms with E-state index in [1.165, 1.54) is 0 Å². The Hall–Kier alpha value is -2.08. The zero-order valence-corrected chi connectivity index (χ0v) is 8.28. The van der Waals surface area contributed by atoms with Crippen molar-refractivity contribution < 1.29 is 4.42 Å². The number of nitriles is 1. The minimum atomic E-state index is -0.548. The van der Waals surface area contributed by atoms with Crippen LogP contribution in [0.3, 0.4) is 0 Å². The molecule has 0 aliphatic rings. The summed E-state index contributed by atoms with van der Waals surface area (Å²) in [6, 6.07) is 9.16. The fraction of sp³-hybridized carbons (Fsp3) is 0.167. The predicted molar refractivity (Wildman–Crippen MR) is 56.6 cm³/mol. The smallest absolute Gasteiger partial charge is 0.354 e. The fourth-order valence-corrected chi connectivity index (χ4v) is 1.69. The molecular formula is C12H9NO2. The topological polar surface area (TPSA) is 54.0 Å². The highest BCUT2D eigenvalue weighted by Crippen LogP contribution is 2.19. The van der Waals surface area contributed by atoms with Crippen LogP contribution in [0.4, 0.5) is 0 Å². The molecule has 0 spiro atoms. The van der Waals surface area contributed by atoms with Crippen LogP contribution in [-0.2, 0) is 6.42 Å². The Morgan fingerprint density at radius 3 is 2.80 bits per heavy atom. The Balaban J connectivity index is 2.99. The van der Waals surface area contributed by atoms with E-state index in [4.69, 9.17) is 9.68 Å². The summed E-state index contributed by atoms with van der Waals surface area (Å²) in [7, 11) is 0. The third-order valence-corrected chi connectivity index (χ3v) is 2.39. The van der Waals surface area contributed by atoms with E-state index < -0.39 is 5.63 Å². The maximum Gasteiger partial charge on any atom is 0.354 e. The molecule has 74 valence electrons. The molecular weight excluding hydrogens is 190 g/mol. The van der Waals surface area contributed by atoms with E-state index in [1.807, 2.05) is 25.1 Å². The molecule has 15 heavy (non-hydrogen) atoms. The highest BCUT2D eigenvalue weighted by Gasteiger charge is 2.11. The average molecular weight is 199 g/mol. The highest BCUT2D eigenvalue weighted by molar-refractivity contribution is 5.81. The second kappa shape index (κ2) is 3.58. The second-order valence-electron chi connectivity index (χ2n) is 3.20. The van der Waals surface area contributed by atoms with Gasteiger partial charge in [0.2, 0.25) is 0 Å². The van der Waals surface area contributed by atoms with Gasteiger partial charge in [0, 0.05) is 5.39 Å². The van der Waals surface area contributed by atoms with Crippen molar-refractivity contribution in [1.29, 1.82) is 5.26 Å². The Bertz CT molecular complexity index is 605. The monoisotopic (exact) mass is 199 g/mol. The lowest BCUT2D eigenvalue weighted by molar-refractivity contribution is 0.556. The van der Waals surface area contributed by atoms with E-state index in [2.05, 4.69) is 0 Å². The largest absolute Gasteiger partial charge is 0.422 e. The second-order valence-corrected chi connectivity index (χ2v) is 3.20. The minimum Gasteiger partial charge on any atom is -0.422 e. The number of aryl methyl sites for hydroxylation is 1. The Kier molecular flexibility index (Phi) is 2.26. The third kappa shape index (κ3) is 1.40. The standard InChI is InChI=1S/C12H9NO2/c1-2-8-9-5-3-4-6-11(9)15-12(14)10(8)7-13/h3-6H,2H2,1H3. The number of rotatable bonds is 1. The van der Waals surface area contributed by atoms with Gasteiger partial charge in [-0.3, -0.25) is 0 Å². The first kappa shape index (κ1) is 9.47. The van der Waals surface area contributed by atoms with Crippen LogP contribution >= 0.6 is 0 Å². The number of fused-ring (bicyclic) bond motifs is 1. The van der Waals surface area contributed by atoms with Gasteiger partial charge in [0.05, 0.1) is 0 Å². The summed E-state index contributed by atoms with van der Waals surface area (Å²) in [5.74, 6) is 0. The van der Waals surface area contributed by atoms with Crippen LogP contribution in [0.2, 0.25) is 0 Å². The fourth-order valence-electron chi connectivity index (χ4n) is 1.69. The number of hydrogen-bond acceptors (Lipinski definition) is 3. The number of nitrogens with zero attached hydrogens (tertiary/aromatic N) is 1. The summed E-state index contributed by atoms with van der Waals surface area (Å²) >= 11 is 0. The van der Waals surface area contributed by atoms with E-state index in [-0.39, 0.29) is 5.56 Å². The molecule has 3 heteroatoms.